The fourth-order valence-electron chi connectivity index (χ4n) is 3.94. The SMILES string of the molecule is CCCn1c(C)cc(C(=O)CN2CCCC(CNC(=O)OC(C)(C)C)C2)c1C. The third kappa shape index (κ3) is 6.36. The van der Waals surface area contributed by atoms with Gasteiger partial charge in [0.15, 0.2) is 5.78 Å². The van der Waals surface area contributed by atoms with Crippen LogP contribution < -0.4 is 5.32 Å². The van der Waals surface area contributed by atoms with Crippen LogP contribution in [0.5, 0.6) is 0 Å². The number of rotatable bonds is 7. The quantitative estimate of drug-likeness (QED) is 0.715. The zero-order valence-corrected chi connectivity index (χ0v) is 18.4. The summed E-state index contributed by atoms with van der Waals surface area (Å²) in [6, 6.07) is 2.03. The number of alkyl carbamates (subject to hydrolysis) is 1. The lowest BCUT2D eigenvalue weighted by atomic mass is 9.97. The number of piperidine rings is 1. The third-order valence-electron chi connectivity index (χ3n) is 5.23. The van der Waals surface area contributed by atoms with Crippen molar-refractivity contribution < 1.29 is 14.3 Å². The molecule has 1 aliphatic heterocycles. The zero-order valence-electron chi connectivity index (χ0n) is 18.4. The van der Waals surface area contributed by atoms with E-state index in [1.165, 1.54) is 0 Å². The highest BCUT2D eigenvalue weighted by Gasteiger charge is 2.25. The van der Waals surface area contributed by atoms with Crippen LogP contribution in [0.2, 0.25) is 0 Å². The maximum atomic E-state index is 12.9. The molecule has 6 nitrogen and oxygen atoms in total. The average molecular weight is 392 g/mol. The molecule has 1 atom stereocenters. The Labute approximate surface area is 169 Å². The molecular weight excluding hydrogens is 354 g/mol. The molecule has 1 aliphatic rings. The second-order valence-electron chi connectivity index (χ2n) is 8.99. The van der Waals surface area contributed by atoms with Crippen molar-refractivity contribution in [1.82, 2.24) is 14.8 Å². The standard InChI is InChI=1S/C22H37N3O3/c1-7-10-25-16(2)12-19(17(25)3)20(26)15-24-11-8-9-18(14-24)13-23-21(27)28-22(4,5)6/h12,18H,7-11,13-15H2,1-6H3,(H,23,27). The van der Waals surface area contributed by atoms with Crippen LogP contribution in [0.25, 0.3) is 0 Å². The molecule has 0 radical (unpaired) electrons. The van der Waals surface area contributed by atoms with Crippen molar-refractivity contribution in [3.63, 3.8) is 0 Å². The first kappa shape index (κ1) is 22.5. The van der Waals surface area contributed by atoms with Gasteiger partial charge >= 0.3 is 6.09 Å². The Morgan fingerprint density at radius 1 is 1.29 bits per heavy atom. The van der Waals surface area contributed by atoms with Crippen molar-refractivity contribution >= 4 is 11.9 Å². The normalized spacial score (nSPS) is 18.1. The van der Waals surface area contributed by atoms with Gasteiger partial charge in [-0.3, -0.25) is 9.69 Å². The van der Waals surface area contributed by atoms with Crippen molar-refractivity contribution in [2.45, 2.75) is 73.0 Å². The van der Waals surface area contributed by atoms with E-state index in [9.17, 15) is 9.59 Å². The minimum atomic E-state index is -0.487. The third-order valence-corrected chi connectivity index (χ3v) is 5.23. The van der Waals surface area contributed by atoms with E-state index < -0.39 is 5.60 Å². The summed E-state index contributed by atoms with van der Waals surface area (Å²) < 4.78 is 7.54. The number of amides is 1. The summed E-state index contributed by atoms with van der Waals surface area (Å²) in [4.78, 5) is 27.0. The number of aromatic nitrogens is 1. The highest BCUT2D eigenvalue weighted by Crippen LogP contribution is 2.20. The molecule has 1 saturated heterocycles. The van der Waals surface area contributed by atoms with Gasteiger partial charge in [-0.05, 0) is 72.4 Å². The molecule has 1 aromatic rings. The summed E-state index contributed by atoms with van der Waals surface area (Å²) in [6.07, 6.45) is 2.79. The number of carbonyl (C=O) groups is 2. The Morgan fingerprint density at radius 2 is 2.00 bits per heavy atom. The molecule has 1 aromatic heterocycles. The van der Waals surface area contributed by atoms with Gasteiger partial charge in [-0.1, -0.05) is 6.92 Å². The molecule has 0 aliphatic carbocycles. The average Bonchev–Trinajstić information content (AvgIpc) is 2.87. The number of Topliss-reactive ketones (excluding diaryl/α,β-unsaturated/α-hetero) is 1. The largest absolute Gasteiger partial charge is 0.444 e. The van der Waals surface area contributed by atoms with Crippen molar-refractivity contribution in [2.24, 2.45) is 5.92 Å². The Morgan fingerprint density at radius 3 is 2.64 bits per heavy atom. The van der Waals surface area contributed by atoms with Crippen molar-refractivity contribution in [2.75, 3.05) is 26.2 Å². The Balaban J connectivity index is 1.88. The molecule has 2 heterocycles. The molecule has 6 heteroatoms. The Hall–Kier alpha value is -1.82. The van der Waals surface area contributed by atoms with Gasteiger partial charge in [-0.2, -0.15) is 0 Å². The number of aryl methyl sites for hydroxylation is 1. The van der Waals surface area contributed by atoms with E-state index in [-0.39, 0.29) is 11.9 Å². The minimum Gasteiger partial charge on any atom is -0.444 e. The molecule has 0 spiro atoms. The van der Waals surface area contributed by atoms with Gasteiger partial charge in [0.2, 0.25) is 0 Å². The van der Waals surface area contributed by atoms with Crippen LogP contribution in [-0.4, -0.2) is 53.1 Å². The van der Waals surface area contributed by atoms with Gasteiger partial charge < -0.3 is 14.6 Å². The zero-order chi connectivity index (χ0) is 20.9. The van der Waals surface area contributed by atoms with Gasteiger partial charge in [-0.25, -0.2) is 4.79 Å². The van der Waals surface area contributed by atoms with Gasteiger partial charge in [-0.15, -0.1) is 0 Å². The van der Waals surface area contributed by atoms with Crippen LogP contribution in [0, 0.1) is 19.8 Å². The number of ether oxygens (including phenoxy) is 1. The first-order valence-corrected chi connectivity index (χ1v) is 10.5. The molecule has 1 fully saturated rings. The second-order valence-corrected chi connectivity index (χ2v) is 8.99. The van der Waals surface area contributed by atoms with E-state index >= 15 is 0 Å². The lowest BCUT2D eigenvalue weighted by Crippen LogP contribution is -2.43. The topological polar surface area (TPSA) is 63.6 Å². The van der Waals surface area contributed by atoms with Crippen LogP contribution in [-0.2, 0) is 11.3 Å². The van der Waals surface area contributed by atoms with Crippen LogP contribution in [0.3, 0.4) is 0 Å². The number of hydrogen-bond donors (Lipinski definition) is 1. The first-order valence-electron chi connectivity index (χ1n) is 10.5. The van der Waals surface area contributed by atoms with Crippen molar-refractivity contribution in [1.29, 1.82) is 0 Å². The summed E-state index contributed by atoms with van der Waals surface area (Å²) in [5, 5.41) is 2.87. The molecule has 0 saturated carbocycles. The number of carbonyl (C=O) groups excluding carboxylic acids is 2. The number of nitrogens with zero attached hydrogens (tertiary/aromatic N) is 2. The second kappa shape index (κ2) is 9.59. The summed E-state index contributed by atoms with van der Waals surface area (Å²) in [5.41, 5.74) is 2.59. The van der Waals surface area contributed by atoms with Gasteiger partial charge in [0, 0.05) is 36.6 Å². The predicted octanol–water partition coefficient (Wildman–Crippen LogP) is 3.93. The minimum absolute atomic E-state index is 0.191. The maximum Gasteiger partial charge on any atom is 0.407 e. The molecule has 1 amide bonds. The maximum absolute atomic E-state index is 12.9. The smallest absolute Gasteiger partial charge is 0.407 e. The van der Waals surface area contributed by atoms with Crippen molar-refractivity contribution in [3.8, 4) is 0 Å². The summed E-state index contributed by atoms with van der Waals surface area (Å²) >= 11 is 0. The van der Waals surface area contributed by atoms with Crippen LogP contribution in [0.1, 0.15) is 68.7 Å². The van der Waals surface area contributed by atoms with Crippen LogP contribution >= 0.6 is 0 Å². The van der Waals surface area contributed by atoms with Gasteiger partial charge in [0.25, 0.3) is 0 Å². The Bertz CT molecular complexity index is 688. The molecule has 0 bridgehead atoms. The van der Waals surface area contributed by atoms with Gasteiger partial charge in [0.1, 0.15) is 5.60 Å². The van der Waals surface area contributed by atoms with Gasteiger partial charge in [0.05, 0.1) is 6.54 Å². The molecule has 0 aromatic carbocycles. The molecule has 2 rings (SSSR count). The van der Waals surface area contributed by atoms with Crippen molar-refractivity contribution in [3.05, 3.63) is 23.0 Å². The molecule has 1 unspecified atom stereocenters. The van der Waals surface area contributed by atoms with E-state index in [4.69, 9.17) is 4.74 Å². The highest BCUT2D eigenvalue weighted by atomic mass is 16.6. The monoisotopic (exact) mass is 391 g/mol. The van der Waals surface area contributed by atoms with E-state index in [0.717, 1.165) is 55.8 Å². The lowest BCUT2D eigenvalue weighted by Gasteiger charge is -2.32. The van der Waals surface area contributed by atoms with Crippen LogP contribution in [0.15, 0.2) is 6.07 Å². The molecule has 158 valence electrons. The number of hydrogen-bond acceptors (Lipinski definition) is 4. The summed E-state index contributed by atoms with van der Waals surface area (Å²) in [6.45, 7) is 15.6. The van der Waals surface area contributed by atoms with E-state index in [2.05, 4.69) is 28.6 Å². The summed E-state index contributed by atoms with van der Waals surface area (Å²) in [5.74, 6) is 0.540. The fraction of sp³-hybridized carbons (Fsp3) is 0.727. The highest BCUT2D eigenvalue weighted by molar-refractivity contribution is 5.99. The first-order chi connectivity index (χ1) is 13.1. The number of nitrogens with one attached hydrogen (secondary N) is 1. The van der Waals surface area contributed by atoms with E-state index in [0.29, 0.717) is 19.0 Å². The van der Waals surface area contributed by atoms with E-state index in [1.807, 2.05) is 33.8 Å². The number of likely N-dealkylation sites (tertiary alicyclic amines) is 1. The Kier molecular flexibility index (Phi) is 7.70. The fourth-order valence-corrected chi connectivity index (χ4v) is 3.94. The number of ketones is 1. The predicted molar refractivity (Wildman–Crippen MR) is 112 cm³/mol. The lowest BCUT2D eigenvalue weighted by molar-refractivity contribution is 0.0504. The van der Waals surface area contributed by atoms with E-state index in [1.54, 1.807) is 0 Å². The molecular formula is C22H37N3O3. The van der Waals surface area contributed by atoms with Crippen LogP contribution in [0.4, 0.5) is 4.79 Å². The summed E-state index contributed by atoms with van der Waals surface area (Å²) in [7, 11) is 0. The molecule has 28 heavy (non-hydrogen) atoms. The molecule has 1 N–H and O–H groups in total.